The normalized spacial score (nSPS) is 23.8. The first kappa shape index (κ1) is 21.9. The Morgan fingerprint density at radius 1 is 1.35 bits per heavy atom. The van der Waals surface area contributed by atoms with E-state index in [0.717, 1.165) is 49.2 Å². The summed E-state index contributed by atoms with van der Waals surface area (Å²) < 4.78 is 5.96. The molecule has 0 aromatic carbocycles. The zero-order chi connectivity index (χ0) is 17.9. The lowest BCUT2D eigenvalue weighted by atomic mass is 9.51. The third-order valence-electron chi connectivity index (χ3n) is 5.70. The van der Waals surface area contributed by atoms with E-state index in [4.69, 9.17) is 9.73 Å². The average molecular weight is 492 g/mol. The van der Waals surface area contributed by atoms with Gasteiger partial charge in [0.05, 0.1) is 16.8 Å². The third kappa shape index (κ3) is 4.52. The Bertz CT molecular complexity index is 615. The minimum absolute atomic E-state index is 0. The highest BCUT2D eigenvalue weighted by molar-refractivity contribution is 14.0. The summed E-state index contributed by atoms with van der Waals surface area (Å²) >= 11 is 1.79. The summed E-state index contributed by atoms with van der Waals surface area (Å²) in [5.74, 6) is 0.951. The van der Waals surface area contributed by atoms with E-state index in [0.29, 0.717) is 17.6 Å². The van der Waals surface area contributed by atoms with E-state index >= 15 is 0 Å². The second-order valence-corrected chi connectivity index (χ2v) is 8.50. The molecule has 0 aliphatic heterocycles. The van der Waals surface area contributed by atoms with Crippen LogP contribution in [0.15, 0.2) is 4.99 Å². The van der Waals surface area contributed by atoms with Gasteiger partial charge >= 0.3 is 0 Å². The molecular weight excluding hydrogens is 459 g/mol. The van der Waals surface area contributed by atoms with Gasteiger partial charge in [-0.25, -0.2) is 4.98 Å². The van der Waals surface area contributed by atoms with Crippen LogP contribution in [0.3, 0.4) is 0 Å². The van der Waals surface area contributed by atoms with Crippen LogP contribution in [0.4, 0.5) is 0 Å². The first-order chi connectivity index (χ1) is 12.1. The molecule has 2 aliphatic carbocycles. The van der Waals surface area contributed by atoms with Gasteiger partial charge in [0.25, 0.3) is 0 Å². The van der Waals surface area contributed by atoms with Crippen LogP contribution in [0.5, 0.6) is 0 Å². The molecule has 1 heterocycles. The van der Waals surface area contributed by atoms with Crippen LogP contribution in [-0.4, -0.2) is 42.8 Å². The number of ether oxygens (including phenoxy) is 1. The van der Waals surface area contributed by atoms with Crippen molar-refractivity contribution in [3.05, 3.63) is 15.6 Å². The molecule has 0 saturated heterocycles. The Morgan fingerprint density at radius 2 is 2.12 bits per heavy atom. The van der Waals surface area contributed by atoms with Crippen LogP contribution in [0, 0.1) is 19.3 Å². The molecule has 1 spiro atoms. The van der Waals surface area contributed by atoms with Crippen molar-refractivity contribution in [1.29, 1.82) is 0 Å². The smallest absolute Gasteiger partial charge is 0.191 e. The standard InChI is InChI=1S/C19H32N4OS.HI/c1-5-20-18(21-11-8-15-13(3)22-14(4)25-15)23-16-12-17(24-6-2)19(16)9-7-10-19;/h16-17H,5-12H2,1-4H3,(H2,20,21,23);1H. The van der Waals surface area contributed by atoms with Crippen LogP contribution in [0.25, 0.3) is 0 Å². The molecule has 0 radical (unpaired) electrons. The summed E-state index contributed by atoms with van der Waals surface area (Å²) in [7, 11) is 0. The number of aliphatic imine (C=N–C) groups is 1. The minimum Gasteiger partial charge on any atom is -0.378 e. The largest absolute Gasteiger partial charge is 0.378 e. The highest BCUT2D eigenvalue weighted by Gasteiger charge is 2.59. The number of nitrogens with one attached hydrogen (secondary N) is 2. The van der Waals surface area contributed by atoms with E-state index < -0.39 is 0 Å². The SMILES string of the molecule is CCNC(=NCCc1sc(C)nc1C)NC1CC(OCC)C12CCC2.I. The number of nitrogens with zero attached hydrogens (tertiary/aromatic N) is 2. The molecule has 148 valence electrons. The van der Waals surface area contributed by atoms with E-state index in [1.165, 1.54) is 24.1 Å². The van der Waals surface area contributed by atoms with E-state index in [1.54, 1.807) is 11.3 Å². The van der Waals surface area contributed by atoms with Crippen molar-refractivity contribution >= 4 is 41.3 Å². The summed E-state index contributed by atoms with van der Waals surface area (Å²) in [5.41, 5.74) is 1.51. The van der Waals surface area contributed by atoms with Gasteiger partial charge in [-0.1, -0.05) is 6.42 Å². The van der Waals surface area contributed by atoms with Crippen LogP contribution in [-0.2, 0) is 11.2 Å². The van der Waals surface area contributed by atoms with Gasteiger partial charge in [0.1, 0.15) is 0 Å². The lowest BCUT2D eigenvalue weighted by Crippen LogP contribution is -2.68. The zero-order valence-corrected chi connectivity index (χ0v) is 19.6. The maximum atomic E-state index is 5.96. The Morgan fingerprint density at radius 3 is 2.65 bits per heavy atom. The average Bonchev–Trinajstić information content (AvgIpc) is 2.82. The molecule has 3 rings (SSSR count). The number of thiazole rings is 1. The lowest BCUT2D eigenvalue weighted by molar-refractivity contribution is -0.168. The topological polar surface area (TPSA) is 58.5 Å². The number of aryl methyl sites for hydroxylation is 2. The maximum Gasteiger partial charge on any atom is 0.191 e. The molecule has 1 aromatic rings. The van der Waals surface area contributed by atoms with Crippen molar-refractivity contribution in [2.75, 3.05) is 19.7 Å². The van der Waals surface area contributed by atoms with E-state index in [1.807, 2.05) is 0 Å². The van der Waals surface area contributed by atoms with Gasteiger partial charge in [-0.05, 0) is 47.0 Å². The van der Waals surface area contributed by atoms with Crippen LogP contribution >= 0.6 is 35.3 Å². The molecule has 7 heteroatoms. The summed E-state index contributed by atoms with van der Waals surface area (Å²) in [6, 6.07) is 0.503. The fourth-order valence-corrected chi connectivity index (χ4v) is 5.13. The van der Waals surface area contributed by atoms with Crippen molar-refractivity contribution in [1.82, 2.24) is 15.6 Å². The first-order valence-corrected chi connectivity index (χ1v) is 10.5. The van der Waals surface area contributed by atoms with E-state index in [-0.39, 0.29) is 24.0 Å². The lowest BCUT2D eigenvalue weighted by Gasteiger charge is -2.61. The Labute approximate surface area is 178 Å². The molecule has 2 unspecified atom stereocenters. The summed E-state index contributed by atoms with van der Waals surface area (Å²) in [5, 5.41) is 8.24. The highest BCUT2D eigenvalue weighted by atomic mass is 127. The minimum atomic E-state index is 0. The van der Waals surface area contributed by atoms with Gasteiger partial charge < -0.3 is 15.4 Å². The molecule has 0 bridgehead atoms. The van der Waals surface area contributed by atoms with Gasteiger partial charge in [-0.3, -0.25) is 4.99 Å². The quantitative estimate of drug-likeness (QED) is 0.345. The highest BCUT2D eigenvalue weighted by Crippen LogP contribution is 2.57. The molecule has 1 aromatic heterocycles. The van der Waals surface area contributed by atoms with Crippen molar-refractivity contribution in [2.24, 2.45) is 10.4 Å². The Kier molecular flexibility index (Phi) is 8.15. The fraction of sp³-hybridized carbons (Fsp3) is 0.789. The second kappa shape index (κ2) is 9.68. The number of hydrogen-bond donors (Lipinski definition) is 2. The van der Waals surface area contributed by atoms with E-state index in [9.17, 15) is 0 Å². The molecule has 0 amide bonds. The van der Waals surface area contributed by atoms with Gasteiger partial charge in [0, 0.05) is 42.5 Å². The van der Waals surface area contributed by atoms with Crippen LogP contribution in [0.2, 0.25) is 0 Å². The van der Waals surface area contributed by atoms with Crippen molar-refractivity contribution in [2.45, 2.75) is 71.9 Å². The predicted octanol–water partition coefficient (Wildman–Crippen LogP) is 3.82. The molecule has 2 atom stereocenters. The number of hydrogen-bond acceptors (Lipinski definition) is 4. The molecule has 2 aliphatic rings. The van der Waals surface area contributed by atoms with Crippen molar-refractivity contribution in [3.8, 4) is 0 Å². The molecular formula is C19H33IN4OS. The van der Waals surface area contributed by atoms with Gasteiger partial charge in [0.2, 0.25) is 0 Å². The molecule has 5 nitrogen and oxygen atoms in total. The first-order valence-electron chi connectivity index (χ1n) is 9.68. The Hall–Kier alpha value is -0.410. The molecule has 2 saturated carbocycles. The molecule has 26 heavy (non-hydrogen) atoms. The van der Waals surface area contributed by atoms with Gasteiger partial charge in [0.15, 0.2) is 5.96 Å². The number of rotatable bonds is 7. The fourth-order valence-electron chi connectivity index (χ4n) is 4.20. The van der Waals surface area contributed by atoms with Crippen LogP contribution < -0.4 is 10.6 Å². The maximum absolute atomic E-state index is 5.96. The van der Waals surface area contributed by atoms with Crippen molar-refractivity contribution < 1.29 is 4.74 Å². The monoisotopic (exact) mass is 492 g/mol. The molecule has 2 fully saturated rings. The van der Waals surface area contributed by atoms with E-state index in [2.05, 4.69) is 43.3 Å². The number of halogens is 1. The second-order valence-electron chi connectivity index (χ2n) is 7.22. The molecule has 2 N–H and O–H groups in total. The van der Waals surface area contributed by atoms with Crippen molar-refractivity contribution in [3.63, 3.8) is 0 Å². The van der Waals surface area contributed by atoms with Gasteiger partial charge in [-0.15, -0.1) is 35.3 Å². The Balaban J connectivity index is 0.00000243. The summed E-state index contributed by atoms with van der Waals surface area (Å²) in [6.45, 7) is 10.9. The number of guanidine groups is 1. The predicted molar refractivity (Wildman–Crippen MR) is 120 cm³/mol. The number of aromatic nitrogens is 1. The zero-order valence-electron chi connectivity index (χ0n) is 16.4. The third-order valence-corrected chi connectivity index (χ3v) is 6.83. The summed E-state index contributed by atoms with van der Waals surface area (Å²) in [4.78, 5) is 10.7. The van der Waals surface area contributed by atoms with Crippen LogP contribution in [0.1, 0.15) is 55.1 Å². The van der Waals surface area contributed by atoms with Gasteiger partial charge in [-0.2, -0.15) is 0 Å². The summed E-state index contributed by atoms with van der Waals surface area (Å²) in [6.07, 6.45) is 6.41.